The molecule has 2 heterocycles. The molecule has 2 unspecified atom stereocenters. The standard InChI is InChI=1S/C31H34N2O/c1-22-11-12-27-28-19-25-21-33(15-13-23-7-4-3-5-8-23)16-14-31(25,20-30(28)32-29(27)17-22)24-9-6-10-26(18-24)34-2/h3-12,17-18,25,32H,13-16,19-21H2,1-2H3. The fourth-order valence-corrected chi connectivity index (χ4v) is 6.55. The molecule has 0 amide bonds. The van der Waals surface area contributed by atoms with Crippen molar-refractivity contribution in [2.45, 2.75) is 38.0 Å². The quantitative estimate of drug-likeness (QED) is 0.399. The molecule has 174 valence electrons. The predicted octanol–water partition coefficient (Wildman–Crippen LogP) is 6.09. The fraction of sp³-hybridized carbons (Fsp3) is 0.355. The monoisotopic (exact) mass is 450 g/mol. The number of nitrogens with zero attached hydrogens (tertiary/aromatic N) is 1. The van der Waals surface area contributed by atoms with Gasteiger partial charge in [-0.1, -0.05) is 54.6 Å². The molecule has 34 heavy (non-hydrogen) atoms. The highest BCUT2D eigenvalue weighted by molar-refractivity contribution is 5.85. The summed E-state index contributed by atoms with van der Waals surface area (Å²) < 4.78 is 5.64. The second kappa shape index (κ2) is 8.63. The molecule has 1 saturated heterocycles. The first-order valence-corrected chi connectivity index (χ1v) is 12.7. The zero-order valence-corrected chi connectivity index (χ0v) is 20.3. The molecule has 1 N–H and O–H groups in total. The molecule has 3 heteroatoms. The Hall–Kier alpha value is -3.04. The Balaban J connectivity index is 1.35. The van der Waals surface area contributed by atoms with E-state index >= 15 is 0 Å². The molecule has 1 aromatic heterocycles. The lowest BCUT2D eigenvalue weighted by atomic mass is 9.58. The van der Waals surface area contributed by atoms with Crippen LogP contribution in [0.1, 0.15) is 34.4 Å². The molecular weight excluding hydrogens is 416 g/mol. The van der Waals surface area contributed by atoms with Crippen LogP contribution in [0.3, 0.4) is 0 Å². The zero-order valence-electron chi connectivity index (χ0n) is 20.3. The van der Waals surface area contributed by atoms with Crippen LogP contribution in [0.5, 0.6) is 5.75 Å². The summed E-state index contributed by atoms with van der Waals surface area (Å²) in [5.74, 6) is 1.56. The fourth-order valence-electron chi connectivity index (χ4n) is 6.55. The number of rotatable bonds is 5. The third kappa shape index (κ3) is 3.73. The van der Waals surface area contributed by atoms with Crippen molar-refractivity contribution in [1.82, 2.24) is 9.88 Å². The molecule has 1 aliphatic carbocycles. The third-order valence-corrected chi connectivity index (χ3v) is 8.43. The molecule has 2 aliphatic rings. The van der Waals surface area contributed by atoms with Crippen molar-refractivity contribution < 1.29 is 4.74 Å². The van der Waals surface area contributed by atoms with Gasteiger partial charge in [-0.25, -0.2) is 0 Å². The predicted molar refractivity (Wildman–Crippen MR) is 140 cm³/mol. The van der Waals surface area contributed by atoms with Crippen molar-refractivity contribution in [3.63, 3.8) is 0 Å². The van der Waals surface area contributed by atoms with Crippen LogP contribution in [-0.4, -0.2) is 36.6 Å². The van der Waals surface area contributed by atoms with Crippen molar-refractivity contribution in [3.8, 4) is 5.75 Å². The average molecular weight is 451 g/mol. The molecule has 1 fully saturated rings. The van der Waals surface area contributed by atoms with Crippen LogP contribution in [0.15, 0.2) is 72.8 Å². The number of methoxy groups -OCH3 is 1. The summed E-state index contributed by atoms with van der Waals surface area (Å²) in [7, 11) is 1.78. The lowest BCUT2D eigenvalue weighted by Gasteiger charge is -2.51. The second-order valence-corrected chi connectivity index (χ2v) is 10.4. The Kier molecular flexibility index (Phi) is 5.45. The van der Waals surface area contributed by atoms with Crippen molar-refractivity contribution in [2.24, 2.45) is 5.92 Å². The molecule has 3 nitrogen and oxygen atoms in total. The van der Waals surface area contributed by atoms with E-state index in [0.717, 1.165) is 44.6 Å². The van der Waals surface area contributed by atoms with Crippen LogP contribution < -0.4 is 4.74 Å². The number of H-pyrrole nitrogens is 1. The summed E-state index contributed by atoms with van der Waals surface area (Å²) in [6.45, 7) is 5.62. The first kappa shape index (κ1) is 21.5. The molecule has 4 aromatic rings. The Bertz CT molecular complexity index is 1310. The Morgan fingerprint density at radius 3 is 2.76 bits per heavy atom. The van der Waals surface area contributed by atoms with Gasteiger partial charge < -0.3 is 14.6 Å². The van der Waals surface area contributed by atoms with Gasteiger partial charge >= 0.3 is 0 Å². The van der Waals surface area contributed by atoms with Gasteiger partial charge in [0.05, 0.1) is 7.11 Å². The highest BCUT2D eigenvalue weighted by Crippen LogP contribution is 2.49. The van der Waals surface area contributed by atoms with E-state index in [1.54, 1.807) is 12.7 Å². The number of likely N-dealkylation sites (tertiary alicyclic amines) is 1. The summed E-state index contributed by atoms with van der Waals surface area (Å²) >= 11 is 0. The number of hydrogen-bond donors (Lipinski definition) is 1. The van der Waals surface area contributed by atoms with E-state index in [9.17, 15) is 0 Å². The van der Waals surface area contributed by atoms with Crippen LogP contribution in [-0.2, 0) is 24.7 Å². The first-order chi connectivity index (χ1) is 16.6. The Morgan fingerprint density at radius 2 is 1.91 bits per heavy atom. The number of benzene rings is 3. The van der Waals surface area contributed by atoms with Gasteiger partial charge in [-0.15, -0.1) is 0 Å². The van der Waals surface area contributed by atoms with Gasteiger partial charge in [-0.3, -0.25) is 0 Å². The average Bonchev–Trinajstić information content (AvgIpc) is 3.22. The summed E-state index contributed by atoms with van der Waals surface area (Å²) in [4.78, 5) is 6.53. The van der Waals surface area contributed by atoms with E-state index in [-0.39, 0.29) is 5.41 Å². The van der Waals surface area contributed by atoms with Crippen molar-refractivity contribution in [2.75, 3.05) is 26.7 Å². The van der Waals surface area contributed by atoms with Gasteiger partial charge in [-0.05, 0) is 85.5 Å². The number of aryl methyl sites for hydroxylation is 1. The van der Waals surface area contributed by atoms with E-state index in [0.29, 0.717) is 5.92 Å². The molecule has 0 spiro atoms. The van der Waals surface area contributed by atoms with Crippen molar-refractivity contribution in [1.29, 1.82) is 0 Å². The maximum atomic E-state index is 5.64. The number of nitrogens with one attached hydrogen (secondary N) is 1. The SMILES string of the molecule is COc1cccc(C23CCN(CCc4ccccc4)CC2Cc2c([nH]c4cc(C)ccc24)C3)c1. The van der Waals surface area contributed by atoms with Gasteiger partial charge in [0.2, 0.25) is 0 Å². The number of aromatic amines is 1. The van der Waals surface area contributed by atoms with E-state index in [1.807, 2.05) is 0 Å². The lowest BCUT2D eigenvalue weighted by molar-refractivity contribution is 0.0822. The molecule has 0 radical (unpaired) electrons. The lowest BCUT2D eigenvalue weighted by Crippen LogP contribution is -2.54. The highest BCUT2D eigenvalue weighted by atomic mass is 16.5. The van der Waals surface area contributed by atoms with Gasteiger partial charge in [0, 0.05) is 35.1 Å². The molecule has 1 aliphatic heterocycles. The minimum absolute atomic E-state index is 0.153. The third-order valence-electron chi connectivity index (χ3n) is 8.43. The van der Waals surface area contributed by atoms with E-state index in [2.05, 4.69) is 89.6 Å². The highest BCUT2D eigenvalue weighted by Gasteiger charge is 2.48. The molecule has 6 rings (SSSR count). The number of piperidine rings is 1. The molecule has 2 atom stereocenters. The van der Waals surface area contributed by atoms with Gasteiger partial charge in [0.25, 0.3) is 0 Å². The second-order valence-electron chi connectivity index (χ2n) is 10.4. The molecular formula is C31H34N2O. The van der Waals surface area contributed by atoms with Crippen molar-refractivity contribution in [3.05, 3.63) is 101 Å². The molecule has 0 bridgehead atoms. The molecule has 0 saturated carbocycles. The van der Waals surface area contributed by atoms with Crippen LogP contribution in [0.25, 0.3) is 10.9 Å². The maximum Gasteiger partial charge on any atom is 0.119 e. The van der Waals surface area contributed by atoms with Crippen LogP contribution in [0, 0.1) is 12.8 Å². The molecule has 3 aromatic carbocycles. The number of ether oxygens (including phenoxy) is 1. The number of fused-ring (bicyclic) bond motifs is 4. The minimum Gasteiger partial charge on any atom is -0.497 e. The zero-order chi connectivity index (χ0) is 23.1. The van der Waals surface area contributed by atoms with Crippen molar-refractivity contribution >= 4 is 10.9 Å². The Morgan fingerprint density at radius 1 is 1.03 bits per heavy atom. The largest absolute Gasteiger partial charge is 0.497 e. The van der Waals surface area contributed by atoms with Gasteiger partial charge in [0.1, 0.15) is 5.75 Å². The van der Waals surface area contributed by atoms with Crippen LogP contribution in [0.2, 0.25) is 0 Å². The number of aromatic nitrogens is 1. The maximum absolute atomic E-state index is 5.64. The smallest absolute Gasteiger partial charge is 0.119 e. The van der Waals surface area contributed by atoms with E-state index in [4.69, 9.17) is 4.74 Å². The first-order valence-electron chi connectivity index (χ1n) is 12.7. The number of hydrogen-bond acceptors (Lipinski definition) is 2. The topological polar surface area (TPSA) is 28.3 Å². The van der Waals surface area contributed by atoms with E-state index in [1.165, 1.54) is 39.7 Å². The minimum atomic E-state index is 0.153. The van der Waals surface area contributed by atoms with Gasteiger partial charge in [0.15, 0.2) is 0 Å². The van der Waals surface area contributed by atoms with Crippen LogP contribution in [0.4, 0.5) is 0 Å². The summed E-state index contributed by atoms with van der Waals surface area (Å²) in [6, 6.07) is 26.7. The van der Waals surface area contributed by atoms with E-state index < -0.39 is 0 Å². The van der Waals surface area contributed by atoms with Gasteiger partial charge in [-0.2, -0.15) is 0 Å². The summed E-state index contributed by atoms with van der Waals surface area (Å²) in [5, 5.41) is 1.42. The Labute approximate surface area is 202 Å². The van der Waals surface area contributed by atoms with Crippen LogP contribution >= 0.6 is 0 Å². The summed E-state index contributed by atoms with van der Waals surface area (Å²) in [6.07, 6.45) is 4.53. The normalized spacial score (nSPS) is 22.4. The summed E-state index contributed by atoms with van der Waals surface area (Å²) in [5.41, 5.74) is 8.63.